The second-order valence-electron chi connectivity index (χ2n) is 2.06. The summed E-state index contributed by atoms with van der Waals surface area (Å²) < 4.78 is 0. The van der Waals surface area contributed by atoms with Crippen LogP contribution in [0.5, 0.6) is 0 Å². The minimum Gasteiger partial charge on any atom is -0.677 e. The third-order valence-electron chi connectivity index (χ3n) is 0.854. The van der Waals surface area contributed by atoms with Crippen molar-refractivity contribution in [3.63, 3.8) is 0 Å². The first kappa shape index (κ1) is 29.6. The van der Waals surface area contributed by atoms with Crippen molar-refractivity contribution in [2.45, 2.75) is 46.5 Å². The van der Waals surface area contributed by atoms with Crippen LogP contribution in [-0.2, 0) is 50.1 Å². The SMILES string of the molecule is CC.[CH2-]CC.[Cr+2].[NH-]CCCCC[NH-].[Y]. The van der Waals surface area contributed by atoms with Gasteiger partial charge in [-0.2, -0.15) is 19.5 Å². The Morgan fingerprint density at radius 2 is 1.14 bits per heavy atom. The zero-order chi connectivity index (χ0) is 10.2. The molecule has 0 aromatic heterocycles. The zero-order valence-electron chi connectivity index (χ0n) is 9.94. The van der Waals surface area contributed by atoms with E-state index in [4.69, 9.17) is 11.5 Å². The van der Waals surface area contributed by atoms with Gasteiger partial charge < -0.3 is 18.4 Å². The Morgan fingerprint density at radius 1 is 0.929 bits per heavy atom. The van der Waals surface area contributed by atoms with E-state index in [-0.39, 0.29) is 50.1 Å². The number of hydrogen-bond acceptors (Lipinski definition) is 0. The van der Waals surface area contributed by atoms with Crippen LogP contribution in [0.15, 0.2) is 0 Å². The average molecular weight is 314 g/mol. The van der Waals surface area contributed by atoms with Crippen molar-refractivity contribution in [1.29, 1.82) is 0 Å². The quantitative estimate of drug-likeness (QED) is 0.541. The van der Waals surface area contributed by atoms with Crippen LogP contribution in [0.3, 0.4) is 0 Å². The molecule has 2 nitrogen and oxygen atoms in total. The predicted octanol–water partition coefficient (Wildman–Crippen LogP) is 4.51. The third kappa shape index (κ3) is 69.2. The van der Waals surface area contributed by atoms with E-state index in [1.807, 2.05) is 20.8 Å². The normalized spacial score (nSPS) is 6.43. The molecule has 2 N–H and O–H groups in total. The predicted molar refractivity (Wildman–Crippen MR) is 59.2 cm³/mol. The minimum absolute atomic E-state index is 0. The fourth-order valence-electron chi connectivity index (χ4n) is 0.427. The second-order valence-corrected chi connectivity index (χ2v) is 2.06. The molecule has 0 amide bonds. The molecule has 0 aliphatic carbocycles. The van der Waals surface area contributed by atoms with Crippen LogP contribution in [-0.4, -0.2) is 13.1 Å². The molecule has 0 aliphatic rings. The Balaban J connectivity index is -0.0000000337. The van der Waals surface area contributed by atoms with Gasteiger partial charge in [0.05, 0.1) is 0 Å². The molecule has 0 rings (SSSR count). The first-order valence-electron chi connectivity index (χ1n) is 4.91. The first-order chi connectivity index (χ1) is 5.83. The molecule has 14 heavy (non-hydrogen) atoms. The molecule has 0 atom stereocenters. The topological polar surface area (TPSA) is 47.6 Å². The standard InChI is InChI=1S/C5H12N2.C3H7.C2H6.Cr.Y/c6-4-2-1-3-5-7;1-3-2;1-2;;/h6-7H,1-5H2;1,3H2,2H3;1-2H3;;/q-2;-1;;+2;. The van der Waals surface area contributed by atoms with Crippen LogP contribution < -0.4 is 0 Å². The van der Waals surface area contributed by atoms with E-state index in [0.717, 1.165) is 25.7 Å². The monoisotopic (exact) mass is 314 g/mol. The fourth-order valence-corrected chi connectivity index (χ4v) is 0.427. The van der Waals surface area contributed by atoms with Gasteiger partial charge in [-0.25, -0.2) is 0 Å². The smallest absolute Gasteiger partial charge is 0.677 e. The summed E-state index contributed by atoms with van der Waals surface area (Å²) in [5.41, 5.74) is 13.4. The number of rotatable bonds is 4. The van der Waals surface area contributed by atoms with Crippen molar-refractivity contribution in [2.75, 3.05) is 13.1 Å². The Kier molecular flexibility index (Phi) is 99.0. The molecule has 85 valence electrons. The fraction of sp³-hybridized carbons (Fsp3) is 0.900. The van der Waals surface area contributed by atoms with Crippen LogP contribution in [0, 0.1) is 6.92 Å². The Hall–Kier alpha value is 1.56. The van der Waals surface area contributed by atoms with Crippen LogP contribution in [0.25, 0.3) is 11.5 Å². The van der Waals surface area contributed by atoms with Crippen molar-refractivity contribution >= 4 is 0 Å². The number of nitrogens with one attached hydrogen (secondary N) is 2. The maximum Gasteiger partial charge on any atom is 2.00 e. The number of hydrogen-bond donors (Lipinski definition) is 0. The Morgan fingerprint density at radius 3 is 1.29 bits per heavy atom. The van der Waals surface area contributed by atoms with Crippen molar-refractivity contribution < 1.29 is 50.1 Å². The van der Waals surface area contributed by atoms with Crippen LogP contribution in [0.1, 0.15) is 46.5 Å². The molecule has 1 radical (unpaired) electrons. The van der Waals surface area contributed by atoms with Gasteiger partial charge in [-0.3, -0.25) is 0 Å². The summed E-state index contributed by atoms with van der Waals surface area (Å²) in [5, 5.41) is 0. The zero-order valence-corrected chi connectivity index (χ0v) is 14.0. The molecule has 0 saturated heterocycles. The van der Waals surface area contributed by atoms with Gasteiger partial charge in [-0.1, -0.05) is 40.0 Å². The van der Waals surface area contributed by atoms with Crippen molar-refractivity contribution in [1.82, 2.24) is 0 Å². The summed E-state index contributed by atoms with van der Waals surface area (Å²) >= 11 is 0. The van der Waals surface area contributed by atoms with Crippen molar-refractivity contribution in [3.05, 3.63) is 18.4 Å². The van der Waals surface area contributed by atoms with Crippen molar-refractivity contribution in [3.8, 4) is 0 Å². The molecule has 0 aromatic rings. The third-order valence-corrected chi connectivity index (χ3v) is 0.854. The molecule has 0 fully saturated rings. The van der Waals surface area contributed by atoms with Gasteiger partial charge in [-0.15, -0.1) is 0 Å². The van der Waals surface area contributed by atoms with E-state index >= 15 is 0 Å². The van der Waals surface area contributed by atoms with Crippen LogP contribution in [0.2, 0.25) is 0 Å². The largest absolute Gasteiger partial charge is 2.00 e. The Bertz CT molecular complexity index is 45.1. The summed E-state index contributed by atoms with van der Waals surface area (Å²) in [6, 6.07) is 0. The molecular formula is C10H25CrN2Y-. The van der Waals surface area contributed by atoms with E-state index in [9.17, 15) is 0 Å². The molecule has 0 spiro atoms. The maximum atomic E-state index is 6.72. The van der Waals surface area contributed by atoms with Crippen LogP contribution >= 0.6 is 0 Å². The van der Waals surface area contributed by atoms with Gasteiger partial charge in [0, 0.05) is 32.7 Å². The van der Waals surface area contributed by atoms with E-state index in [2.05, 4.69) is 6.92 Å². The minimum atomic E-state index is 0. The maximum absolute atomic E-state index is 6.72. The van der Waals surface area contributed by atoms with E-state index in [0.29, 0.717) is 13.1 Å². The molecule has 0 bridgehead atoms. The molecule has 4 heteroatoms. The molecule has 0 heterocycles. The van der Waals surface area contributed by atoms with Gasteiger partial charge in [0.15, 0.2) is 0 Å². The summed E-state index contributed by atoms with van der Waals surface area (Å²) in [7, 11) is 0. The van der Waals surface area contributed by atoms with Gasteiger partial charge >= 0.3 is 17.4 Å². The number of unbranched alkanes of at least 4 members (excludes halogenated alkanes) is 2. The summed E-state index contributed by atoms with van der Waals surface area (Å²) in [5.74, 6) is 0. The van der Waals surface area contributed by atoms with Crippen molar-refractivity contribution in [2.24, 2.45) is 0 Å². The molecular weight excluding hydrogens is 289 g/mol. The molecule has 0 saturated carbocycles. The van der Waals surface area contributed by atoms with Gasteiger partial charge in [0.2, 0.25) is 0 Å². The van der Waals surface area contributed by atoms with Crippen LogP contribution in [0.4, 0.5) is 0 Å². The summed E-state index contributed by atoms with van der Waals surface area (Å²) in [6.07, 6.45) is 4.00. The van der Waals surface area contributed by atoms with Gasteiger partial charge in [0.25, 0.3) is 0 Å². The molecule has 0 aromatic carbocycles. The second kappa shape index (κ2) is 46.9. The summed E-state index contributed by atoms with van der Waals surface area (Å²) in [6.45, 7) is 10.6. The van der Waals surface area contributed by atoms with Gasteiger partial charge in [0.1, 0.15) is 0 Å². The molecule has 0 aliphatic heterocycles. The average Bonchev–Trinajstić information content (AvgIpc) is 2.11. The van der Waals surface area contributed by atoms with E-state index in [1.165, 1.54) is 0 Å². The first-order valence-corrected chi connectivity index (χ1v) is 4.91. The molecule has 0 unspecified atom stereocenters. The Labute approximate surface area is 127 Å². The summed E-state index contributed by atoms with van der Waals surface area (Å²) in [4.78, 5) is 0. The van der Waals surface area contributed by atoms with Gasteiger partial charge in [-0.05, 0) is 0 Å². The van der Waals surface area contributed by atoms with E-state index in [1.54, 1.807) is 0 Å². The van der Waals surface area contributed by atoms with E-state index < -0.39 is 0 Å².